The van der Waals surface area contributed by atoms with Crippen molar-refractivity contribution in [3.63, 3.8) is 0 Å². The van der Waals surface area contributed by atoms with Crippen molar-refractivity contribution >= 4 is 0 Å². The number of rotatable bonds is 3. The predicted octanol–water partition coefficient (Wildman–Crippen LogP) is 2.33. The Morgan fingerprint density at radius 2 is 1.93 bits per heavy atom. The van der Waals surface area contributed by atoms with Gasteiger partial charge >= 0.3 is 0 Å². The van der Waals surface area contributed by atoms with Gasteiger partial charge < -0.3 is 5.73 Å². The summed E-state index contributed by atoms with van der Waals surface area (Å²) in [5.74, 6) is 0. The van der Waals surface area contributed by atoms with E-state index in [0.29, 0.717) is 5.41 Å². The monoisotopic (exact) mass is 200 g/mol. The maximum atomic E-state index is 8.74. The number of hydrogen-bond acceptors (Lipinski definition) is 2. The Labute approximate surface area is 90.7 Å². The number of nitrogens with two attached hydrogens (primary N) is 1. The molecule has 1 aliphatic carbocycles. The molecule has 0 aliphatic heterocycles. The van der Waals surface area contributed by atoms with Crippen LogP contribution in [0.1, 0.15) is 36.8 Å². The summed E-state index contributed by atoms with van der Waals surface area (Å²) in [7, 11) is 0. The van der Waals surface area contributed by atoms with Crippen molar-refractivity contribution in [2.75, 3.05) is 6.54 Å². The van der Waals surface area contributed by atoms with Crippen LogP contribution in [0.15, 0.2) is 24.3 Å². The molecule has 2 N–H and O–H groups in total. The molecule has 0 aromatic heterocycles. The first-order valence-corrected chi connectivity index (χ1v) is 5.51. The molecule has 0 saturated heterocycles. The van der Waals surface area contributed by atoms with Gasteiger partial charge in [-0.1, -0.05) is 18.6 Å². The van der Waals surface area contributed by atoms with Crippen LogP contribution < -0.4 is 5.73 Å². The summed E-state index contributed by atoms with van der Waals surface area (Å²) in [5.41, 5.74) is 8.08. The van der Waals surface area contributed by atoms with E-state index in [-0.39, 0.29) is 0 Å². The van der Waals surface area contributed by atoms with Gasteiger partial charge in [-0.3, -0.25) is 0 Å². The standard InChI is InChI=1S/C13H16N2/c14-9-8-13(6-1-7-13)12-4-2-11(10-15)3-5-12/h2-5H,1,6-9,14H2. The second kappa shape index (κ2) is 4.04. The summed E-state index contributed by atoms with van der Waals surface area (Å²) >= 11 is 0. The molecule has 0 amide bonds. The van der Waals surface area contributed by atoms with Gasteiger partial charge in [0.15, 0.2) is 0 Å². The molecule has 0 heterocycles. The van der Waals surface area contributed by atoms with E-state index in [9.17, 15) is 0 Å². The lowest BCUT2D eigenvalue weighted by atomic mass is 9.62. The molecule has 0 radical (unpaired) electrons. The molecule has 2 nitrogen and oxygen atoms in total. The zero-order valence-corrected chi connectivity index (χ0v) is 8.87. The highest BCUT2D eigenvalue weighted by Crippen LogP contribution is 2.46. The molecule has 1 saturated carbocycles. The van der Waals surface area contributed by atoms with Crippen LogP contribution in [0.2, 0.25) is 0 Å². The average molecular weight is 200 g/mol. The average Bonchev–Trinajstić information content (AvgIpc) is 2.24. The zero-order valence-electron chi connectivity index (χ0n) is 8.87. The zero-order chi connectivity index (χ0) is 10.7. The highest BCUT2D eigenvalue weighted by atomic mass is 14.6. The lowest BCUT2D eigenvalue weighted by Crippen LogP contribution is -2.36. The van der Waals surface area contributed by atoms with Crippen molar-refractivity contribution in [2.24, 2.45) is 5.73 Å². The summed E-state index contributed by atoms with van der Waals surface area (Å²) in [5, 5.41) is 8.74. The number of benzene rings is 1. The molecule has 0 unspecified atom stereocenters. The molecule has 2 heteroatoms. The number of nitrogens with zero attached hydrogens (tertiary/aromatic N) is 1. The minimum Gasteiger partial charge on any atom is -0.330 e. The van der Waals surface area contributed by atoms with E-state index in [0.717, 1.165) is 18.5 Å². The second-order valence-corrected chi connectivity index (χ2v) is 4.36. The molecule has 1 aromatic carbocycles. The Hall–Kier alpha value is -1.33. The fourth-order valence-electron chi connectivity index (χ4n) is 2.46. The summed E-state index contributed by atoms with van der Waals surface area (Å²) < 4.78 is 0. The summed E-state index contributed by atoms with van der Waals surface area (Å²) in [6, 6.07) is 10.1. The predicted molar refractivity (Wildman–Crippen MR) is 60.4 cm³/mol. The molecule has 2 rings (SSSR count). The second-order valence-electron chi connectivity index (χ2n) is 4.36. The van der Waals surface area contributed by atoms with Crippen LogP contribution in [0.4, 0.5) is 0 Å². The van der Waals surface area contributed by atoms with Crippen LogP contribution in [0.25, 0.3) is 0 Å². The minimum absolute atomic E-state index is 0.322. The number of nitriles is 1. The molecule has 0 spiro atoms. The van der Waals surface area contributed by atoms with Crippen molar-refractivity contribution in [2.45, 2.75) is 31.1 Å². The Kier molecular flexibility index (Phi) is 2.75. The molecule has 15 heavy (non-hydrogen) atoms. The van der Waals surface area contributed by atoms with E-state index in [1.165, 1.54) is 24.8 Å². The summed E-state index contributed by atoms with van der Waals surface area (Å²) in [6.45, 7) is 0.750. The lowest BCUT2D eigenvalue weighted by molar-refractivity contribution is 0.229. The Morgan fingerprint density at radius 1 is 1.27 bits per heavy atom. The van der Waals surface area contributed by atoms with E-state index in [1.54, 1.807) is 0 Å². The molecule has 0 atom stereocenters. The smallest absolute Gasteiger partial charge is 0.0991 e. The molecule has 1 aromatic rings. The van der Waals surface area contributed by atoms with E-state index < -0.39 is 0 Å². The van der Waals surface area contributed by atoms with Crippen LogP contribution in [0.5, 0.6) is 0 Å². The normalized spacial score (nSPS) is 17.9. The van der Waals surface area contributed by atoms with E-state index >= 15 is 0 Å². The molecule has 0 bridgehead atoms. The van der Waals surface area contributed by atoms with Gasteiger partial charge in [-0.15, -0.1) is 0 Å². The molecule has 1 fully saturated rings. The van der Waals surface area contributed by atoms with Gasteiger partial charge in [-0.25, -0.2) is 0 Å². The topological polar surface area (TPSA) is 49.8 Å². The Morgan fingerprint density at radius 3 is 2.33 bits per heavy atom. The minimum atomic E-state index is 0.322. The first kappa shape index (κ1) is 10.2. The molecule has 78 valence electrons. The summed E-state index contributed by atoms with van der Waals surface area (Å²) in [6.07, 6.45) is 4.87. The fourth-order valence-corrected chi connectivity index (χ4v) is 2.46. The summed E-state index contributed by atoms with van der Waals surface area (Å²) in [4.78, 5) is 0. The van der Waals surface area contributed by atoms with Gasteiger partial charge in [-0.05, 0) is 48.9 Å². The largest absolute Gasteiger partial charge is 0.330 e. The highest BCUT2D eigenvalue weighted by molar-refractivity contribution is 5.36. The van der Waals surface area contributed by atoms with Crippen LogP contribution in [-0.4, -0.2) is 6.54 Å². The van der Waals surface area contributed by atoms with Gasteiger partial charge in [0.2, 0.25) is 0 Å². The lowest BCUT2D eigenvalue weighted by Gasteiger charge is -2.42. The fraction of sp³-hybridized carbons (Fsp3) is 0.462. The maximum absolute atomic E-state index is 8.74. The first-order valence-electron chi connectivity index (χ1n) is 5.51. The maximum Gasteiger partial charge on any atom is 0.0991 e. The van der Waals surface area contributed by atoms with Gasteiger partial charge in [0.1, 0.15) is 0 Å². The Balaban J connectivity index is 2.24. The van der Waals surface area contributed by atoms with Gasteiger partial charge in [0.05, 0.1) is 11.6 Å². The van der Waals surface area contributed by atoms with Crippen LogP contribution >= 0.6 is 0 Å². The van der Waals surface area contributed by atoms with Gasteiger partial charge in [0, 0.05) is 0 Å². The van der Waals surface area contributed by atoms with Crippen LogP contribution in [-0.2, 0) is 5.41 Å². The van der Waals surface area contributed by atoms with Crippen LogP contribution in [0.3, 0.4) is 0 Å². The van der Waals surface area contributed by atoms with Crippen molar-refractivity contribution in [3.05, 3.63) is 35.4 Å². The SMILES string of the molecule is N#Cc1ccc(C2(CCN)CCC2)cc1. The van der Waals surface area contributed by atoms with Crippen LogP contribution in [0, 0.1) is 11.3 Å². The molecular weight excluding hydrogens is 184 g/mol. The first-order chi connectivity index (χ1) is 7.30. The Bertz CT molecular complexity index is 369. The third kappa shape index (κ3) is 1.75. The molecular formula is C13H16N2. The molecule has 1 aliphatic rings. The third-order valence-corrected chi connectivity index (χ3v) is 3.56. The van der Waals surface area contributed by atoms with Crippen molar-refractivity contribution in [3.8, 4) is 6.07 Å². The van der Waals surface area contributed by atoms with E-state index in [2.05, 4.69) is 18.2 Å². The van der Waals surface area contributed by atoms with Gasteiger partial charge in [-0.2, -0.15) is 5.26 Å². The van der Waals surface area contributed by atoms with Crippen molar-refractivity contribution in [1.29, 1.82) is 5.26 Å². The highest BCUT2D eigenvalue weighted by Gasteiger charge is 2.37. The number of hydrogen-bond donors (Lipinski definition) is 1. The van der Waals surface area contributed by atoms with E-state index in [1.807, 2.05) is 12.1 Å². The van der Waals surface area contributed by atoms with Crippen molar-refractivity contribution < 1.29 is 0 Å². The quantitative estimate of drug-likeness (QED) is 0.814. The third-order valence-electron chi connectivity index (χ3n) is 3.56. The van der Waals surface area contributed by atoms with Gasteiger partial charge in [0.25, 0.3) is 0 Å². The van der Waals surface area contributed by atoms with Crippen molar-refractivity contribution in [1.82, 2.24) is 0 Å². The van der Waals surface area contributed by atoms with E-state index in [4.69, 9.17) is 11.0 Å².